The molecule has 0 spiro atoms. The second-order valence-corrected chi connectivity index (χ2v) is 7.62. The van der Waals surface area contributed by atoms with Gasteiger partial charge in [-0.05, 0) is 25.5 Å². The molecule has 2 heterocycles. The molecule has 8 nitrogen and oxygen atoms in total. The van der Waals surface area contributed by atoms with E-state index in [0.29, 0.717) is 18.3 Å². The Morgan fingerprint density at radius 1 is 1.22 bits per heavy atom. The molecule has 1 aromatic carbocycles. The first kappa shape index (κ1) is 16.2. The number of nitro benzene ring substituents is 1. The van der Waals surface area contributed by atoms with E-state index < -0.39 is 14.9 Å². The van der Waals surface area contributed by atoms with Crippen molar-refractivity contribution in [2.24, 2.45) is 5.14 Å². The smallest absolute Gasteiger partial charge is 0.270 e. The highest BCUT2D eigenvalue weighted by atomic mass is 32.2. The van der Waals surface area contributed by atoms with Crippen molar-refractivity contribution >= 4 is 21.4 Å². The maximum Gasteiger partial charge on any atom is 0.270 e. The first-order valence-corrected chi connectivity index (χ1v) is 9.21. The number of non-ortho nitro benzene ring substituents is 1. The van der Waals surface area contributed by atoms with Crippen LogP contribution in [0.5, 0.6) is 0 Å². The Morgan fingerprint density at radius 2 is 2.00 bits per heavy atom. The molecule has 2 fully saturated rings. The summed E-state index contributed by atoms with van der Waals surface area (Å²) in [7, 11) is -4.03. The fraction of sp³-hybridized carbons (Fsp3) is 0.571. The van der Waals surface area contributed by atoms with E-state index in [0.717, 1.165) is 32.1 Å². The molecule has 2 aliphatic rings. The van der Waals surface area contributed by atoms with Crippen LogP contribution in [0.2, 0.25) is 0 Å². The number of rotatable bonds is 3. The van der Waals surface area contributed by atoms with Crippen molar-refractivity contribution in [2.75, 3.05) is 31.1 Å². The maximum absolute atomic E-state index is 11.9. The predicted molar refractivity (Wildman–Crippen MR) is 85.9 cm³/mol. The largest absolute Gasteiger partial charge is 0.368 e. The van der Waals surface area contributed by atoms with E-state index in [4.69, 9.17) is 5.14 Å². The average molecular weight is 340 g/mol. The highest BCUT2D eigenvalue weighted by Crippen LogP contribution is 2.31. The first-order chi connectivity index (χ1) is 10.9. The maximum atomic E-state index is 11.9. The summed E-state index contributed by atoms with van der Waals surface area (Å²) in [6, 6.07) is 4.28. The topological polar surface area (TPSA) is 110 Å². The van der Waals surface area contributed by atoms with Crippen molar-refractivity contribution in [3.8, 4) is 0 Å². The molecule has 1 atom stereocenters. The molecule has 0 bridgehead atoms. The lowest BCUT2D eigenvalue weighted by atomic mass is 9.99. The number of primary sulfonamides is 1. The number of nitrogens with zero attached hydrogens (tertiary/aromatic N) is 3. The van der Waals surface area contributed by atoms with Gasteiger partial charge in [0, 0.05) is 37.8 Å². The van der Waals surface area contributed by atoms with Crippen LogP contribution in [0.25, 0.3) is 0 Å². The number of hydrogen-bond donors (Lipinski definition) is 1. The van der Waals surface area contributed by atoms with Crippen LogP contribution in [0, 0.1) is 10.1 Å². The molecule has 1 unspecified atom stereocenters. The van der Waals surface area contributed by atoms with Gasteiger partial charge in [-0.15, -0.1) is 0 Å². The molecule has 0 saturated carbocycles. The molecule has 2 aliphatic heterocycles. The fourth-order valence-corrected chi connectivity index (χ4v) is 4.25. The van der Waals surface area contributed by atoms with Gasteiger partial charge in [0.05, 0.1) is 10.6 Å². The number of benzene rings is 1. The molecule has 9 heteroatoms. The molecule has 23 heavy (non-hydrogen) atoms. The predicted octanol–water partition coefficient (Wildman–Crippen LogP) is 0.917. The third-order valence-electron chi connectivity index (χ3n) is 4.64. The SMILES string of the molecule is NS(=O)(=O)c1cc([N+](=O)[O-])ccc1N1CCN2CCCCC2C1. The summed E-state index contributed by atoms with van der Waals surface area (Å²) >= 11 is 0. The zero-order valence-electron chi connectivity index (χ0n) is 12.7. The van der Waals surface area contributed by atoms with E-state index in [1.165, 1.54) is 25.0 Å². The zero-order chi connectivity index (χ0) is 16.6. The lowest BCUT2D eigenvalue weighted by Gasteiger charge is -2.45. The molecule has 126 valence electrons. The highest BCUT2D eigenvalue weighted by molar-refractivity contribution is 7.89. The minimum atomic E-state index is -4.03. The minimum Gasteiger partial charge on any atom is -0.368 e. The summed E-state index contributed by atoms with van der Waals surface area (Å²) in [5, 5.41) is 16.2. The van der Waals surface area contributed by atoms with Gasteiger partial charge in [0.1, 0.15) is 4.90 Å². The van der Waals surface area contributed by atoms with E-state index in [1.54, 1.807) is 0 Å². The van der Waals surface area contributed by atoms with Gasteiger partial charge in [-0.1, -0.05) is 6.42 Å². The summed E-state index contributed by atoms with van der Waals surface area (Å²) in [6.45, 7) is 3.36. The molecule has 3 rings (SSSR count). The highest BCUT2D eigenvalue weighted by Gasteiger charge is 2.31. The van der Waals surface area contributed by atoms with Gasteiger partial charge in [0.25, 0.3) is 5.69 Å². The molecule has 0 radical (unpaired) electrons. The van der Waals surface area contributed by atoms with Crippen molar-refractivity contribution in [1.82, 2.24) is 4.90 Å². The van der Waals surface area contributed by atoms with Crippen LogP contribution < -0.4 is 10.0 Å². The van der Waals surface area contributed by atoms with Gasteiger partial charge < -0.3 is 4.90 Å². The van der Waals surface area contributed by atoms with Gasteiger partial charge in [-0.3, -0.25) is 15.0 Å². The molecule has 1 aromatic rings. The lowest BCUT2D eigenvalue weighted by Crippen LogP contribution is -2.55. The molecule has 2 saturated heterocycles. The van der Waals surface area contributed by atoms with Gasteiger partial charge in [-0.25, -0.2) is 13.6 Å². The summed E-state index contributed by atoms with van der Waals surface area (Å²) in [6.07, 6.45) is 3.47. The van der Waals surface area contributed by atoms with E-state index in [9.17, 15) is 18.5 Å². The van der Waals surface area contributed by atoms with Crippen LogP contribution >= 0.6 is 0 Å². The summed E-state index contributed by atoms with van der Waals surface area (Å²) in [5.74, 6) is 0. The Bertz CT molecular complexity index is 721. The van der Waals surface area contributed by atoms with Gasteiger partial charge >= 0.3 is 0 Å². The van der Waals surface area contributed by atoms with Crippen molar-refractivity contribution in [1.29, 1.82) is 0 Å². The number of piperazine rings is 1. The number of fused-ring (bicyclic) bond motifs is 1. The number of anilines is 1. The Kier molecular flexibility index (Phi) is 4.26. The summed E-state index contributed by atoms with van der Waals surface area (Å²) in [4.78, 5) is 14.5. The number of hydrogen-bond acceptors (Lipinski definition) is 6. The Morgan fingerprint density at radius 3 is 2.70 bits per heavy atom. The van der Waals surface area contributed by atoms with Crippen LogP contribution in [-0.2, 0) is 10.0 Å². The van der Waals surface area contributed by atoms with E-state index in [2.05, 4.69) is 4.90 Å². The van der Waals surface area contributed by atoms with Gasteiger partial charge in [0.2, 0.25) is 10.0 Å². The normalized spacial score (nSPS) is 22.7. The molecular formula is C14H20N4O4S. The van der Waals surface area contributed by atoms with Crippen LogP contribution in [0.4, 0.5) is 11.4 Å². The minimum absolute atomic E-state index is 0.170. The fourth-order valence-electron chi connectivity index (χ4n) is 3.48. The third-order valence-corrected chi connectivity index (χ3v) is 5.58. The Balaban J connectivity index is 1.94. The van der Waals surface area contributed by atoms with Crippen LogP contribution in [-0.4, -0.2) is 50.5 Å². The number of nitro groups is 1. The van der Waals surface area contributed by atoms with Gasteiger partial charge in [0.15, 0.2) is 0 Å². The van der Waals surface area contributed by atoms with Crippen molar-refractivity contribution < 1.29 is 13.3 Å². The molecule has 2 N–H and O–H groups in total. The first-order valence-electron chi connectivity index (χ1n) is 7.66. The van der Waals surface area contributed by atoms with Crippen molar-refractivity contribution in [3.05, 3.63) is 28.3 Å². The van der Waals surface area contributed by atoms with Crippen LogP contribution in [0.15, 0.2) is 23.1 Å². The second-order valence-electron chi connectivity index (χ2n) is 6.09. The third kappa shape index (κ3) is 3.31. The Hall–Kier alpha value is -1.71. The van der Waals surface area contributed by atoms with Crippen LogP contribution in [0.1, 0.15) is 19.3 Å². The quantitative estimate of drug-likeness (QED) is 0.647. The van der Waals surface area contributed by atoms with E-state index in [1.807, 2.05) is 4.90 Å². The standard InChI is InChI=1S/C14H20N4O4S/c15-23(21,22)14-9-11(18(19)20)4-5-13(14)17-8-7-16-6-2-1-3-12(16)10-17/h4-5,9,12H,1-3,6-8,10H2,(H2,15,21,22). The molecule has 0 amide bonds. The Labute approximate surface area is 135 Å². The lowest BCUT2D eigenvalue weighted by molar-refractivity contribution is -0.385. The summed E-state index contributed by atoms with van der Waals surface area (Å²) < 4.78 is 23.7. The average Bonchev–Trinajstić information content (AvgIpc) is 2.53. The molecule has 0 aromatic heterocycles. The molecular weight excluding hydrogens is 320 g/mol. The van der Waals surface area contributed by atoms with E-state index in [-0.39, 0.29) is 10.6 Å². The number of sulfonamides is 1. The van der Waals surface area contributed by atoms with Crippen molar-refractivity contribution in [3.63, 3.8) is 0 Å². The van der Waals surface area contributed by atoms with Gasteiger partial charge in [-0.2, -0.15) is 0 Å². The summed E-state index contributed by atoms with van der Waals surface area (Å²) in [5.41, 5.74) is 0.192. The van der Waals surface area contributed by atoms with E-state index >= 15 is 0 Å². The monoisotopic (exact) mass is 340 g/mol. The zero-order valence-corrected chi connectivity index (χ0v) is 13.5. The molecule has 0 aliphatic carbocycles. The number of piperidine rings is 1. The number of nitrogens with two attached hydrogens (primary N) is 1. The van der Waals surface area contributed by atoms with Crippen LogP contribution in [0.3, 0.4) is 0 Å². The second kappa shape index (κ2) is 6.06. The van der Waals surface area contributed by atoms with Crippen molar-refractivity contribution in [2.45, 2.75) is 30.2 Å².